The van der Waals surface area contributed by atoms with E-state index in [-0.39, 0.29) is 29.6 Å². The summed E-state index contributed by atoms with van der Waals surface area (Å²) in [5, 5.41) is 0. The molecular weight excluding hydrogens is 278 g/mol. The molecule has 0 aliphatic carbocycles. The van der Waals surface area contributed by atoms with Crippen LogP contribution in [-0.2, 0) is 9.53 Å². The van der Waals surface area contributed by atoms with Gasteiger partial charge in [0, 0.05) is 24.1 Å². The molecule has 1 aromatic rings. The maximum Gasteiger partial charge on any atom is 0.310 e. The number of ketones is 1. The molecular formula is C18H23NO3. The zero-order chi connectivity index (χ0) is 15.7. The van der Waals surface area contributed by atoms with Gasteiger partial charge in [0.25, 0.3) is 0 Å². The quantitative estimate of drug-likeness (QED) is 0.633. The lowest BCUT2D eigenvalue weighted by molar-refractivity contribution is -0.152. The highest BCUT2D eigenvalue weighted by molar-refractivity contribution is 5.96. The minimum absolute atomic E-state index is 0.0915. The van der Waals surface area contributed by atoms with E-state index in [1.807, 2.05) is 30.3 Å². The van der Waals surface area contributed by atoms with Crippen LogP contribution in [0, 0.1) is 11.8 Å². The van der Waals surface area contributed by atoms with Crippen molar-refractivity contribution < 1.29 is 14.3 Å². The van der Waals surface area contributed by atoms with Crippen LogP contribution in [0.1, 0.15) is 36.0 Å². The van der Waals surface area contributed by atoms with Gasteiger partial charge in [0.15, 0.2) is 5.78 Å². The molecule has 0 spiro atoms. The molecule has 0 N–H and O–H groups in total. The van der Waals surface area contributed by atoms with Crippen LogP contribution in [0.3, 0.4) is 0 Å². The summed E-state index contributed by atoms with van der Waals surface area (Å²) in [6, 6.07) is 10.1. The largest absolute Gasteiger partial charge is 0.469 e. The average molecular weight is 301 g/mol. The van der Waals surface area contributed by atoms with Crippen LogP contribution in [0.4, 0.5) is 0 Å². The van der Waals surface area contributed by atoms with E-state index in [2.05, 4.69) is 11.9 Å². The number of fused-ring (bicyclic) bond motifs is 2. The van der Waals surface area contributed by atoms with Crippen LogP contribution in [-0.4, -0.2) is 42.9 Å². The van der Waals surface area contributed by atoms with E-state index in [1.165, 1.54) is 7.11 Å². The minimum atomic E-state index is -0.179. The molecule has 0 unspecified atom stereocenters. The number of hydrogen-bond acceptors (Lipinski definition) is 4. The fraction of sp³-hybridized carbons (Fsp3) is 0.556. The molecule has 4 heteroatoms. The molecule has 0 aromatic heterocycles. The summed E-state index contributed by atoms with van der Waals surface area (Å²) in [4.78, 5) is 27.1. The number of piperidine rings is 1. The second-order valence-electron chi connectivity index (χ2n) is 6.50. The van der Waals surface area contributed by atoms with E-state index in [0.717, 1.165) is 24.8 Å². The standard InChI is InChI=1S/C18H23NO3/c1-19-14-8-9-15(19)17(18(21)22-2)13(10-14)11-16(20)12-6-4-3-5-7-12/h3-7,13-15,17H,8-11H2,1-2H3/t13-,14-,15+,17+/m1/s1. The molecule has 2 fully saturated rings. The zero-order valence-corrected chi connectivity index (χ0v) is 13.2. The van der Waals surface area contributed by atoms with E-state index in [0.29, 0.717) is 12.5 Å². The van der Waals surface area contributed by atoms with E-state index in [4.69, 9.17) is 4.74 Å². The van der Waals surface area contributed by atoms with Gasteiger partial charge in [-0.1, -0.05) is 30.3 Å². The summed E-state index contributed by atoms with van der Waals surface area (Å²) >= 11 is 0. The predicted octanol–water partition coefficient (Wildman–Crippen LogP) is 2.53. The monoisotopic (exact) mass is 301 g/mol. The number of benzene rings is 1. The Morgan fingerprint density at radius 1 is 1.23 bits per heavy atom. The molecule has 2 aliphatic heterocycles. The first-order valence-electron chi connectivity index (χ1n) is 8.00. The van der Waals surface area contributed by atoms with Crippen molar-refractivity contribution in [1.82, 2.24) is 4.90 Å². The van der Waals surface area contributed by atoms with Crippen LogP contribution in [0.5, 0.6) is 0 Å². The lowest BCUT2D eigenvalue weighted by Gasteiger charge is -2.41. The molecule has 0 amide bonds. The molecule has 2 heterocycles. The Kier molecular flexibility index (Phi) is 4.30. The Hall–Kier alpha value is -1.68. The van der Waals surface area contributed by atoms with Crippen LogP contribution in [0.15, 0.2) is 30.3 Å². The number of carbonyl (C=O) groups excluding carboxylic acids is 2. The van der Waals surface area contributed by atoms with Gasteiger partial charge < -0.3 is 4.74 Å². The van der Waals surface area contributed by atoms with E-state index in [9.17, 15) is 9.59 Å². The Labute approximate surface area is 131 Å². The lowest BCUT2D eigenvalue weighted by Crippen LogP contribution is -2.50. The van der Waals surface area contributed by atoms with Gasteiger partial charge in [-0.05, 0) is 32.2 Å². The van der Waals surface area contributed by atoms with Gasteiger partial charge >= 0.3 is 5.97 Å². The molecule has 4 atom stereocenters. The lowest BCUT2D eigenvalue weighted by atomic mass is 9.77. The Morgan fingerprint density at radius 3 is 2.64 bits per heavy atom. The molecule has 2 aliphatic rings. The summed E-state index contributed by atoms with van der Waals surface area (Å²) in [6.07, 6.45) is 3.48. The van der Waals surface area contributed by atoms with Crippen molar-refractivity contribution in [1.29, 1.82) is 0 Å². The topological polar surface area (TPSA) is 46.6 Å². The van der Waals surface area contributed by atoms with Crippen molar-refractivity contribution in [3.8, 4) is 0 Å². The first-order valence-corrected chi connectivity index (χ1v) is 8.00. The number of ether oxygens (including phenoxy) is 1. The molecule has 22 heavy (non-hydrogen) atoms. The third-order valence-corrected chi connectivity index (χ3v) is 5.41. The van der Waals surface area contributed by atoms with Crippen molar-refractivity contribution in [3.05, 3.63) is 35.9 Å². The molecule has 3 rings (SSSR count). The van der Waals surface area contributed by atoms with E-state index < -0.39 is 0 Å². The maximum absolute atomic E-state index is 12.5. The number of rotatable bonds is 4. The predicted molar refractivity (Wildman–Crippen MR) is 83.6 cm³/mol. The van der Waals surface area contributed by atoms with Crippen molar-refractivity contribution in [2.45, 2.75) is 37.8 Å². The van der Waals surface area contributed by atoms with Crippen molar-refractivity contribution >= 4 is 11.8 Å². The first-order chi connectivity index (χ1) is 10.6. The molecule has 1 aromatic carbocycles. The molecule has 0 radical (unpaired) electrons. The van der Waals surface area contributed by atoms with Gasteiger partial charge in [-0.15, -0.1) is 0 Å². The zero-order valence-electron chi connectivity index (χ0n) is 13.2. The first kappa shape index (κ1) is 15.2. The molecule has 4 nitrogen and oxygen atoms in total. The highest BCUT2D eigenvalue weighted by Crippen LogP contribution is 2.43. The number of nitrogens with zero attached hydrogens (tertiary/aromatic N) is 1. The van der Waals surface area contributed by atoms with Crippen molar-refractivity contribution in [2.24, 2.45) is 11.8 Å². The van der Waals surface area contributed by atoms with Crippen LogP contribution >= 0.6 is 0 Å². The number of methoxy groups -OCH3 is 1. The molecule has 2 bridgehead atoms. The number of hydrogen-bond donors (Lipinski definition) is 0. The van der Waals surface area contributed by atoms with E-state index >= 15 is 0 Å². The van der Waals surface area contributed by atoms with Crippen molar-refractivity contribution in [2.75, 3.05) is 14.2 Å². The van der Waals surface area contributed by atoms with Gasteiger partial charge in [-0.2, -0.15) is 0 Å². The van der Waals surface area contributed by atoms with Crippen molar-refractivity contribution in [3.63, 3.8) is 0 Å². The summed E-state index contributed by atoms with van der Waals surface area (Å²) in [5.74, 6) is -0.123. The van der Waals surface area contributed by atoms with Gasteiger partial charge in [-0.25, -0.2) is 0 Å². The van der Waals surface area contributed by atoms with Crippen LogP contribution in [0.25, 0.3) is 0 Å². The van der Waals surface area contributed by atoms with Gasteiger partial charge in [0.05, 0.1) is 13.0 Å². The van der Waals surface area contributed by atoms with Gasteiger partial charge in [0.2, 0.25) is 0 Å². The Bertz CT molecular complexity index is 557. The smallest absolute Gasteiger partial charge is 0.310 e. The highest BCUT2D eigenvalue weighted by atomic mass is 16.5. The highest BCUT2D eigenvalue weighted by Gasteiger charge is 2.49. The second-order valence-corrected chi connectivity index (χ2v) is 6.50. The Balaban J connectivity index is 1.79. The summed E-state index contributed by atoms with van der Waals surface area (Å²) in [7, 11) is 3.53. The van der Waals surface area contributed by atoms with Crippen LogP contribution in [0.2, 0.25) is 0 Å². The fourth-order valence-corrected chi connectivity index (χ4v) is 4.24. The third-order valence-electron chi connectivity index (χ3n) is 5.41. The summed E-state index contributed by atoms with van der Waals surface area (Å²) < 4.78 is 5.03. The Morgan fingerprint density at radius 2 is 1.95 bits per heavy atom. The second kappa shape index (κ2) is 6.21. The number of Topliss-reactive ketones (excluding diaryl/α,β-unsaturated/α-hetero) is 1. The average Bonchev–Trinajstić information content (AvgIpc) is 2.78. The minimum Gasteiger partial charge on any atom is -0.469 e. The fourth-order valence-electron chi connectivity index (χ4n) is 4.24. The number of carbonyl (C=O) groups is 2. The van der Waals surface area contributed by atoms with E-state index in [1.54, 1.807) is 0 Å². The molecule has 118 valence electrons. The molecule has 2 saturated heterocycles. The normalized spacial score (nSPS) is 31.0. The van der Waals surface area contributed by atoms with Crippen LogP contribution < -0.4 is 0 Å². The van der Waals surface area contributed by atoms with Gasteiger partial charge in [-0.3, -0.25) is 14.5 Å². The maximum atomic E-state index is 12.5. The number of esters is 1. The summed E-state index contributed by atoms with van der Waals surface area (Å²) in [6.45, 7) is 0. The van der Waals surface area contributed by atoms with Gasteiger partial charge in [0.1, 0.15) is 0 Å². The summed E-state index contributed by atoms with van der Waals surface area (Å²) in [5.41, 5.74) is 0.734. The molecule has 0 saturated carbocycles. The third kappa shape index (κ3) is 2.68. The SMILES string of the molecule is COC(=O)[C@H]1[C@@H](CC(=O)c2ccccc2)C[C@H]2CC[C@@H]1N2C.